The third kappa shape index (κ3) is 3.14. The van der Waals surface area contributed by atoms with Gasteiger partial charge < -0.3 is 10.2 Å². The molecule has 0 fully saturated rings. The minimum Gasteiger partial charge on any atom is -0.313 e. The van der Waals surface area contributed by atoms with Crippen LogP contribution < -0.4 is 10.2 Å². The van der Waals surface area contributed by atoms with Crippen molar-refractivity contribution >= 4 is 55.9 Å². The number of anilines is 1. The molecule has 0 saturated carbocycles. The Morgan fingerprint density at radius 3 is 2.12 bits per heavy atom. The van der Waals surface area contributed by atoms with Crippen molar-refractivity contribution in [3.8, 4) is 0 Å². The lowest BCUT2D eigenvalue weighted by molar-refractivity contribution is -0.114. The lowest BCUT2D eigenvalue weighted by atomic mass is 9.94. The lowest BCUT2D eigenvalue weighted by Gasteiger charge is -2.27. The van der Waals surface area contributed by atoms with Crippen LogP contribution >= 0.6 is 15.9 Å². The Hall–Kier alpha value is -3.36. The van der Waals surface area contributed by atoms with E-state index in [-0.39, 0.29) is 18.4 Å². The fraction of sp³-hybridized carbons (Fsp3) is 0.167. The van der Waals surface area contributed by atoms with Crippen molar-refractivity contribution in [2.45, 2.75) is 0 Å². The molecule has 2 heterocycles. The summed E-state index contributed by atoms with van der Waals surface area (Å²) in [5.74, 6) is -1.67. The highest BCUT2D eigenvalue weighted by atomic mass is 79.9. The van der Waals surface area contributed by atoms with E-state index >= 15 is 0 Å². The van der Waals surface area contributed by atoms with Gasteiger partial charge in [0.15, 0.2) is 0 Å². The molecule has 2 aliphatic heterocycles. The summed E-state index contributed by atoms with van der Waals surface area (Å²) in [5, 5.41) is 4.68. The Kier molecular flexibility index (Phi) is 5.11. The van der Waals surface area contributed by atoms with Crippen LogP contribution in [0.1, 0.15) is 31.1 Å². The summed E-state index contributed by atoms with van der Waals surface area (Å²) < 4.78 is 0.838. The number of benzene rings is 3. The van der Waals surface area contributed by atoms with Crippen LogP contribution in [0.4, 0.5) is 5.69 Å². The van der Waals surface area contributed by atoms with Crippen LogP contribution in [0.3, 0.4) is 0 Å². The van der Waals surface area contributed by atoms with Gasteiger partial charge in [-0.1, -0.05) is 40.2 Å². The van der Waals surface area contributed by atoms with E-state index < -0.39 is 11.7 Å². The molecule has 3 amide bonds. The van der Waals surface area contributed by atoms with Crippen molar-refractivity contribution in [2.75, 3.05) is 31.1 Å². The third-order valence-electron chi connectivity index (χ3n) is 5.84. The molecule has 0 bridgehead atoms. The Bertz CT molecular complexity index is 1300. The number of hydrogen-bond acceptors (Lipinski definition) is 5. The largest absolute Gasteiger partial charge is 0.313 e. The summed E-state index contributed by atoms with van der Waals surface area (Å²) in [4.78, 5) is 53.0. The number of imide groups is 1. The molecule has 3 aromatic rings. The van der Waals surface area contributed by atoms with Gasteiger partial charge in [0.05, 0.1) is 11.3 Å². The number of nitrogens with zero attached hydrogens (tertiary/aromatic N) is 2. The van der Waals surface area contributed by atoms with Gasteiger partial charge in [0, 0.05) is 47.2 Å². The summed E-state index contributed by atoms with van der Waals surface area (Å²) in [6.07, 6.45) is 0. The van der Waals surface area contributed by atoms with Gasteiger partial charge in [-0.2, -0.15) is 0 Å². The third-order valence-corrected chi connectivity index (χ3v) is 6.53. The first-order chi connectivity index (χ1) is 15.5. The van der Waals surface area contributed by atoms with E-state index in [4.69, 9.17) is 0 Å². The van der Waals surface area contributed by atoms with Crippen molar-refractivity contribution in [3.63, 3.8) is 0 Å². The number of ketones is 1. The second-order valence-electron chi connectivity index (χ2n) is 7.64. The smallest absolute Gasteiger partial charge is 0.299 e. The normalized spacial score (nSPS) is 15.2. The van der Waals surface area contributed by atoms with Crippen LogP contribution in [0, 0.1) is 0 Å². The summed E-state index contributed by atoms with van der Waals surface area (Å²) >= 11 is 3.48. The highest BCUT2D eigenvalue weighted by molar-refractivity contribution is 9.10. The zero-order chi connectivity index (χ0) is 22.4. The number of rotatable bonds is 6. The molecule has 160 valence electrons. The molecule has 2 aliphatic rings. The Morgan fingerprint density at radius 1 is 0.688 bits per heavy atom. The quantitative estimate of drug-likeness (QED) is 0.325. The van der Waals surface area contributed by atoms with Crippen LogP contribution in [-0.2, 0) is 4.79 Å². The molecule has 3 aromatic carbocycles. The molecule has 8 heteroatoms. The van der Waals surface area contributed by atoms with Gasteiger partial charge in [0.2, 0.25) is 0 Å². The lowest BCUT2D eigenvalue weighted by Crippen LogP contribution is -2.44. The molecule has 0 aromatic heterocycles. The predicted molar refractivity (Wildman–Crippen MR) is 123 cm³/mol. The molecule has 7 nitrogen and oxygen atoms in total. The number of carbonyl (C=O) groups excluding carboxylic acids is 4. The fourth-order valence-corrected chi connectivity index (χ4v) is 4.75. The zero-order valence-electron chi connectivity index (χ0n) is 16.9. The van der Waals surface area contributed by atoms with E-state index in [1.54, 1.807) is 36.4 Å². The first-order valence-corrected chi connectivity index (χ1v) is 11.0. The summed E-state index contributed by atoms with van der Waals surface area (Å²) in [6.45, 7) is 1.31. The number of halogens is 1. The highest BCUT2D eigenvalue weighted by Crippen LogP contribution is 2.34. The Morgan fingerprint density at radius 2 is 1.34 bits per heavy atom. The number of carbonyl (C=O) groups is 4. The van der Waals surface area contributed by atoms with E-state index in [1.165, 1.54) is 9.80 Å². The van der Waals surface area contributed by atoms with Crippen LogP contribution in [0.15, 0.2) is 59.1 Å². The van der Waals surface area contributed by atoms with Crippen molar-refractivity contribution in [1.29, 1.82) is 0 Å². The number of nitrogens with one attached hydrogen (secondary N) is 1. The Labute approximate surface area is 192 Å². The van der Waals surface area contributed by atoms with Gasteiger partial charge >= 0.3 is 0 Å². The Balaban J connectivity index is 1.23. The molecular weight excluding hydrogens is 474 g/mol. The number of hydrogen-bond donors (Lipinski definition) is 1. The minimum absolute atomic E-state index is 0.201. The topological polar surface area (TPSA) is 86.8 Å². The van der Waals surface area contributed by atoms with Crippen LogP contribution in [0.2, 0.25) is 0 Å². The monoisotopic (exact) mass is 491 g/mol. The molecule has 0 unspecified atom stereocenters. The number of Topliss-reactive ketones (excluding diaryl/α,β-unsaturated/α-hetero) is 1. The number of para-hydroxylation sites is 1. The van der Waals surface area contributed by atoms with Gasteiger partial charge in [0.25, 0.3) is 23.5 Å². The molecule has 0 spiro atoms. The molecule has 5 rings (SSSR count). The maximum atomic E-state index is 13.0. The van der Waals surface area contributed by atoms with Crippen molar-refractivity contribution in [1.82, 2.24) is 10.2 Å². The van der Waals surface area contributed by atoms with Gasteiger partial charge in [0.1, 0.15) is 0 Å². The molecule has 32 heavy (non-hydrogen) atoms. The second kappa shape index (κ2) is 7.96. The zero-order valence-corrected chi connectivity index (χ0v) is 18.5. The molecule has 0 aliphatic carbocycles. The minimum atomic E-state index is -0.537. The van der Waals surface area contributed by atoms with Crippen LogP contribution in [0.25, 0.3) is 10.8 Å². The van der Waals surface area contributed by atoms with Gasteiger partial charge in [-0.3, -0.25) is 24.1 Å². The van der Waals surface area contributed by atoms with E-state index in [9.17, 15) is 19.2 Å². The maximum absolute atomic E-state index is 13.0. The van der Waals surface area contributed by atoms with Crippen molar-refractivity contribution < 1.29 is 19.2 Å². The summed E-state index contributed by atoms with van der Waals surface area (Å²) in [7, 11) is 0. The van der Waals surface area contributed by atoms with Crippen LogP contribution in [-0.4, -0.2) is 54.6 Å². The second-order valence-corrected chi connectivity index (χ2v) is 8.49. The van der Waals surface area contributed by atoms with E-state index in [0.29, 0.717) is 47.4 Å². The number of fused-ring (bicyclic) bond motifs is 1. The SMILES string of the molecule is O=C1C(=O)N(CCNCCN2C(=O)c3cccc4c(Br)ccc(c34)C2=O)c2ccccc21. The average molecular weight is 492 g/mol. The molecular formula is C24H18BrN3O4. The molecule has 1 N–H and O–H groups in total. The number of amides is 3. The van der Waals surface area contributed by atoms with E-state index in [1.807, 2.05) is 18.2 Å². The standard InChI is InChI=1S/C24H18BrN3O4/c25-18-9-8-17-20-14(18)5-3-6-16(20)22(30)28(23(17)31)13-11-26-10-12-27-19-7-2-1-4-15(19)21(29)24(27)32/h1-9,26H,10-13H2. The first kappa shape index (κ1) is 20.5. The first-order valence-electron chi connectivity index (χ1n) is 10.2. The van der Waals surface area contributed by atoms with Crippen LogP contribution in [0.5, 0.6) is 0 Å². The van der Waals surface area contributed by atoms with E-state index in [0.717, 1.165) is 9.86 Å². The van der Waals surface area contributed by atoms with Gasteiger partial charge in [-0.25, -0.2) is 0 Å². The average Bonchev–Trinajstić information content (AvgIpc) is 3.05. The molecule has 0 saturated heterocycles. The van der Waals surface area contributed by atoms with Crippen molar-refractivity contribution in [3.05, 3.63) is 75.8 Å². The summed E-state index contributed by atoms with van der Waals surface area (Å²) in [5.41, 5.74) is 2.05. The van der Waals surface area contributed by atoms with Gasteiger partial charge in [-0.05, 0) is 35.7 Å². The van der Waals surface area contributed by atoms with Crippen molar-refractivity contribution in [2.24, 2.45) is 0 Å². The molecule has 0 radical (unpaired) electrons. The molecule has 0 atom stereocenters. The highest BCUT2D eigenvalue weighted by Gasteiger charge is 2.35. The predicted octanol–water partition coefficient (Wildman–Crippen LogP) is 3.02. The van der Waals surface area contributed by atoms with E-state index in [2.05, 4.69) is 21.2 Å². The summed E-state index contributed by atoms with van der Waals surface area (Å²) in [6, 6.07) is 15.9. The maximum Gasteiger partial charge on any atom is 0.299 e. The van der Waals surface area contributed by atoms with Gasteiger partial charge in [-0.15, -0.1) is 0 Å². The fourth-order valence-electron chi connectivity index (χ4n) is 4.29.